The number of cyclic esters (lactones) is 1. The van der Waals surface area contributed by atoms with E-state index in [1.165, 1.54) is 9.21 Å². The summed E-state index contributed by atoms with van der Waals surface area (Å²) < 4.78 is 60.8. The van der Waals surface area contributed by atoms with Gasteiger partial charge in [-0.15, -0.1) is 0 Å². The zero-order valence-electron chi connectivity index (χ0n) is 17.0. The second kappa shape index (κ2) is 7.83. The Bertz CT molecular complexity index is 1320. The van der Waals surface area contributed by atoms with Gasteiger partial charge < -0.3 is 4.74 Å². The van der Waals surface area contributed by atoms with Crippen LogP contribution in [0, 0.1) is 11.6 Å². The monoisotopic (exact) mass is 458 g/mol. The van der Waals surface area contributed by atoms with E-state index in [1.54, 1.807) is 24.3 Å². The van der Waals surface area contributed by atoms with Gasteiger partial charge in [-0.1, -0.05) is 36.4 Å². The molecule has 32 heavy (non-hydrogen) atoms. The van der Waals surface area contributed by atoms with Crippen molar-refractivity contribution >= 4 is 32.6 Å². The first-order valence-electron chi connectivity index (χ1n) is 10.3. The van der Waals surface area contributed by atoms with E-state index < -0.39 is 27.8 Å². The zero-order valence-corrected chi connectivity index (χ0v) is 17.8. The Hall–Kier alpha value is -3.04. The molecule has 0 N–H and O–H groups in total. The lowest BCUT2D eigenvalue weighted by atomic mass is 10.0. The summed E-state index contributed by atoms with van der Waals surface area (Å²) in [6, 6.07) is 14.1. The number of carbonyl (C=O) groups excluding carboxylic acids is 1. The molecule has 0 aromatic heterocycles. The average Bonchev–Trinajstić information content (AvgIpc) is 2.80. The Kier molecular flexibility index (Phi) is 5.10. The fourth-order valence-corrected chi connectivity index (χ4v) is 6.16. The molecule has 1 saturated heterocycles. The molecule has 3 aromatic carbocycles. The van der Waals surface area contributed by atoms with Gasteiger partial charge in [0.05, 0.1) is 10.6 Å². The molecule has 0 unspecified atom stereocenters. The van der Waals surface area contributed by atoms with Crippen LogP contribution in [0.25, 0.3) is 10.8 Å². The van der Waals surface area contributed by atoms with Crippen molar-refractivity contribution in [2.75, 3.05) is 18.0 Å². The van der Waals surface area contributed by atoms with Crippen LogP contribution < -0.4 is 4.90 Å². The van der Waals surface area contributed by atoms with Crippen molar-refractivity contribution < 1.29 is 26.7 Å². The van der Waals surface area contributed by atoms with E-state index in [2.05, 4.69) is 0 Å². The van der Waals surface area contributed by atoms with Gasteiger partial charge >= 0.3 is 6.09 Å². The topological polar surface area (TPSA) is 66.9 Å². The molecular formula is C23H20F2N2O4S. The third kappa shape index (κ3) is 3.41. The van der Waals surface area contributed by atoms with Gasteiger partial charge in [-0.2, -0.15) is 4.31 Å². The Labute approximate surface area is 184 Å². The molecule has 1 amide bonds. The molecule has 3 aromatic rings. The zero-order chi connectivity index (χ0) is 22.5. The lowest BCUT2D eigenvalue weighted by Gasteiger charge is -2.39. The van der Waals surface area contributed by atoms with Gasteiger partial charge in [-0.25, -0.2) is 22.0 Å². The predicted molar refractivity (Wildman–Crippen MR) is 115 cm³/mol. The molecule has 0 spiro atoms. The predicted octanol–water partition coefficient (Wildman–Crippen LogP) is 4.43. The first-order valence-corrected chi connectivity index (χ1v) is 11.7. The van der Waals surface area contributed by atoms with E-state index in [9.17, 15) is 22.0 Å². The standard InChI is InChI=1S/C23H20F2N2O4S/c24-19-12-16-14-31-23(28)27(21(16)13-20(19)25)17-8-10-26(11-9-17)32(29,30)22-7-3-5-15-4-1-2-6-18(15)22/h1-7,12-13,17H,8-11,14H2. The van der Waals surface area contributed by atoms with Crippen molar-refractivity contribution in [2.45, 2.75) is 30.4 Å². The highest BCUT2D eigenvalue weighted by Gasteiger charge is 2.38. The van der Waals surface area contributed by atoms with Gasteiger partial charge in [0.1, 0.15) is 6.61 Å². The minimum absolute atomic E-state index is 0.129. The first kappa shape index (κ1) is 20.8. The molecule has 0 atom stereocenters. The lowest BCUT2D eigenvalue weighted by Crippen LogP contribution is -2.50. The number of sulfonamides is 1. The third-order valence-corrected chi connectivity index (χ3v) is 8.04. The van der Waals surface area contributed by atoms with Gasteiger partial charge in [-0.05, 0) is 30.4 Å². The highest BCUT2D eigenvalue weighted by atomic mass is 32.2. The smallest absolute Gasteiger partial charge is 0.414 e. The van der Waals surface area contributed by atoms with E-state index in [0.717, 1.165) is 17.5 Å². The summed E-state index contributed by atoms with van der Waals surface area (Å²) in [6.45, 7) is 0.258. The van der Waals surface area contributed by atoms with Crippen molar-refractivity contribution in [1.29, 1.82) is 0 Å². The largest absolute Gasteiger partial charge is 0.444 e. The summed E-state index contributed by atoms with van der Waals surface area (Å²) >= 11 is 0. The van der Waals surface area contributed by atoms with Gasteiger partial charge in [0.25, 0.3) is 0 Å². The van der Waals surface area contributed by atoms with Crippen molar-refractivity contribution in [2.24, 2.45) is 0 Å². The first-order chi connectivity index (χ1) is 15.4. The van der Waals surface area contributed by atoms with Gasteiger partial charge in [0.15, 0.2) is 11.6 Å². The Morgan fingerprint density at radius 1 is 0.938 bits per heavy atom. The molecule has 5 rings (SSSR count). The Morgan fingerprint density at radius 3 is 2.41 bits per heavy atom. The summed E-state index contributed by atoms with van der Waals surface area (Å²) in [5.41, 5.74) is 0.657. The fraction of sp³-hybridized carbons (Fsp3) is 0.261. The summed E-state index contributed by atoms with van der Waals surface area (Å²) in [6.07, 6.45) is 0.0496. The molecule has 0 bridgehead atoms. The van der Waals surface area contributed by atoms with Crippen LogP contribution in [0.5, 0.6) is 0 Å². The molecule has 0 radical (unpaired) electrons. The number of amides is 1. The van der Waals surface area contributed by atoms with Gasteiger partial charge in [-0.3, -0.25) is 4.90 Å². The number of fused-ring (bicyclic) bond motifs is 2. The summed E-state index contributed by atoms with van der Waals surface area (Å²) in [5.74, 6) is -2.04. The number of rotatable bonds is 3. The van der Waals surface area contributed by atoms with Crippen LogP contribution in [0.2, 0.25) is 0 Å². The van der Waals surface area contributed by atoms with Crippen LogP contribution in [0.4, 0.5) is 19.3 Å². The molecule has 1 fully saturated rings. The van der Waals surface area contributed by atoms with Crippen LogP contribution >= 0.6 is 0 Å². The van der Waals surface area contributed by atoms with Crippen LogP contribution in [-0.2, 0) is 21.4 Å². The number of hydrogen-bond acceptors (Lipinski definition) is 4. The molecule has 0 saturated carbocycles. The van der Waals surface area contributed by atoms with Crippen LogP contribution in [0.15, 0.2) is 59.5 Å². The van der Waals surface area contributed by atoms with E-state index in [4.69, 9.17) is 4.74 Å². The van der Waals surface area contributed by atoms with Crippen molar-refractivity contribution in [3.05, 3.63) is 71.8 Å². The van der Waals surface area contributed by atoms with Gasteiger partial charge in [0.2, 0.25) is 10.0 Å². The number of anilines is 1. The number of piperidine rings is 1. The maximum atomic E-state index is 13.9. The lowest BCUT2D eigenvalue weighted by molar-refractivity contribution is 0.135. The van der Waals surface area contributed by atoms with E-state index in [1.807, 2.05) is 18.2 Å². The second-order valence-electron chi connectivity index (χ2n) is 7.93. The summed E-state index contributed by atoms with van der Waals surface area (Å²) in [7, 11) is -3.74. The maximum absolute atomic E-state index is 13.9. The number of hydrogen-bond donors (Lipinski definition) is 0. The van der Waals surface area contributed by atoms with E-state index in [0.29, 0.717) is 23.8 Å². The Balaban J connectivity index is 1.40. The number of carbonyl (C=O) groups is 1. The summed E-state index contributed by atoms with van der Waals surface area (Å²) in [5, 5.41) is 1.49. The third-order valence-electron chi connectivity index (χ3n) is 6.08. The molecule has 166 valence electrons. The number of benzene rings is 3. The number of ether oxygens (including phenoxy) is 1. The van der Waals surface area contributed by atoms with Crippen LogP contribution in [0.1, 0.15) is 18.4 Å². The Morgan fingerprint density at radius 2 is 1.62 bits per heavy atom. The fourth-order valence-electron chi connectivity index (χ4n) is 4.47. The van der Waals surface area contributed by atoms with E-state index >= 15 is 0 Å². The maximum Gasteiger partial charge on any atom is 0.414 e. The van der Waals surface area contributed by atoms with Crippen molar-refractivity contribution in [1.82, 2.24) is 4.31 Å². The van der Waals surface area contributed by atoms with Gasteiger partial charge in [0, 0.05) is 36.1 Å². The van der Waals surface area contributed by atoms with Crippen molar-refractivity contribution in [3.63, 3.8) is 0 Å². The molecule has 2 aliphatic heterocycles. The second-order valence-corrected chi connectivity index (χ2v) is 9.84. The quantitative estimate of drug-likeness (QED) is 0.583. The SMILES string of the molecule is O=C1OCc2cc(F)c(F)cc2N1C1CCN(S(=O)(=O)c2cccc3ccccc23)CC1. The molecule has 2 heterocycles. The minimum Gasteiger partial charge on any atom is -0.444 e. The highest BCUT2D eigenvalue weighted by Crippen LogP contribution is 2.35. The van der Waals surface area contributed by atoms with E-state index in [-0.39, 0.29) is 36.3 Å². The molecule has 0 aliphatic carbocycles. The summed E-state index contributed by atoms with van der Waals surface area (Å²) in [4.78, 5) is 14.0. The molecule has 9 heteroatoms. The van der Waals surface area contributed by atoms with Crippen LogP contribution in [-0.4, -0.2) is 37.9 Å². The number of halogens is 2. The number of nitrogens with zero attached hydrogens (tertiary/aromatic N) is 2. The van der Waals surface area contributed by atoms with Crippen molar-refractivity contribution in [3.8, 4) is 0 Å². The normalized spacial score (nSPS) is 17.9. The molecule has 2 aliphatic rings. The minimum atomic E-state index is -3.74. The molecular weight excluding hydrogens is 438 g/mol. The molecule has 6 nitrogen and oxygen atoms in total. The van der Waals surface area contributed by atoms with Crippen LogP contribution in [0.3, 0.4) is 0 Å². The highest BCUT2D eigenvalue weighted by molar-refractivity contribution is 7.89. The average molecular weight is 458 g/mol.